The normalized spacial score (nSPS) is 15.2. The van der Waals surface area contributed by atoms with E-state index in [1.807, 2.05) is 0 Å². The van der Waals surface area contributed by atoms with Gasteiger partial charge in [-0.2, -0.15) is 0 Å². The van der Waals surface area contributed by atoms with E-state index in [2.05, 4.69) is 190 Å². The second kappa shape index (κ2) is 12.7. The number of hydrogen-bond donors (Lipinski definition) is 0. The van der Waals surface area contributed by atoms with Crippen LogP contribution in [0.2, 0.25) is 43.0 Å². The molecule has 0 amide bonds. The van der Waals surface area contributed by atoms with Gasteiger partial charge in [-0.25, -0.2) is 0 Å². The van der Waals surface area contributed by atoms with Crippen LogP contribution in [0.5, 0.6) is 0 Å². The van der Waals surface area contributed by atoms with Crippen molar-refractivity contribution in [3.8, 4) is 11.1 Å². The molecule has 0 atom stereocenters. The van der Waals surface area contributed by atoms with Crippen molar-refractivity contribution in [1.82, 2.24) is 0 Å². The van der Waals surface area contributed by atoms with Gasteiger partial charge < -0.3 is 0 Å². The summed E-state index contributed by atoms with van der Waals surface area (Å²) in [6.07, 6.45) is 9.74. The molecule has 0 unspecified atom stereocenters. The summed E-state index contributed by atoms with van der Waals surface area (Å²) in [7, 11) is -2.86. The summed E-state index contributed by atoms with van der Waals surface area (Å²) in [6.45, 7) is 29.0. The van der Waals surface area contributed by atoms with Crippen LogP contribution in [0.1, 0.15) is 78.6 Å². The van der Waals surface area contributed by atoms with Gasteiger partial charge in [0.15, 0.2) is 0 Å². The zero-order valence-corrected chi connectivity index (χ0v) is 37.1. The molecule has 2 aliphatic carbocycles. The van der Waals surface area contributed by atoms with Gasteiger partial charge in [0.1, 0.15) is 0 Å². The predicted molar refractivity (Wildman–Crippen MR) is 215 cm³/mol. The van der Waals surface area contributed by atoms with Crippen LogP contribution >= 0.6 is 0 Å². The first kappa shape index (κ1) is 35.4. The fourth-order valence-corrected chi connectivity index (χ4v) is 23.4. The van der Waals surface area contributed by atoms with E-state index in [1.165, 1.54) is 43.8 Å². The van der Waals surface area contributed by atoms with Crippen LogP contribution < -0.4 is 10.4 Å². The van der Waals surface area contributed by atoms with E-state index in [4.69, 9.17) is 0 Å². The summed E-state index contributed by atoms with van der Waals surface area (Å²) in [6, 6.07) is 34.8. The standard InChI is InChI=1S/C21H25.C19H26Si2.C5H5.Hf/c1-20(2,3)16-7-9-18-14(12-16)11-15-13-17(21(4,5)6)8-10-19(15)18;1-20(2,3)18-11-7-16(8-12-18)15-17-9-13-19(14-10-17)21(4,5)6;1-2-4-5-3-1;/h7-13H,1-6H3;7-14H,1-6H3;1-5H;. The Morgan fingerprint density at radius 3 is 1.23 bits per heavy atom. The van der Waals surface area contributed by atoms with Crippen LogP contribution in [0.25, 0.3) is 11.1 Å². The molecule has 248 valence electrons. The fourth-order valence-electron chi connectivity index (χ4n) is 7.45. The topological polar surface area (TPSA) is 0 Å². The summed E-state index contributed by atoms with van der Waals surface area (Å²) in [4.78, 5) is 0. The molecule has 3 heteroatoms. The average Bonchev–Trinajstić information content (AvgIpc) is 3.64. The van der Waals surface area contributed by atoms with Crippen LogP contribution in [0.4, 0.5) is 0 Å². The van der Waals surface area contributed by atoms with Crippen molar-refractivity contribution in [1.29, 1.82) is 0 Å². The summed E-state index contributed by atoms with van der Waals surface area (Å²) in [5, 5.41) is 3.07. The molecule has 0 radical (unpaired) electrons. The zero-order chi connectivity index (χ0) is 34.8. The van der Waals surface area contributed by atoms with Crippen LogP contribution in [0, 0.1) is 0 Å². The van der Waals surface area contributed by atoms with Crippen molar-refractivity contribution >= 4 is 29.8 Å². The molecule has 0 aliphatic heterocycles. The van der Waals surface area contributed by atoms with Crippen molar-refractivity contribution in [2.75, 3.05) is 0 Å². The van der Waals surface area contributed by atoms with Crippen LogP contribution in [0.3, 0.4) is 0 Å². The molecular weight excluding hydrogens is 775 g/mol. The van der Waals surface area contributed by atoms with E-state index in [0.29, 0.717) is 7.35 Å². The molecule has 0 saturated carbocycles. The predicted octanol–water partition coefficient (Wildman–Crippen LogP) is 11.2. The molecule has 48 heavy (non-hydrogen) atoms. The van der Waals surface area contributed by atoms with Crippen LogP contribution in [-0.2, 0) is 31.8 Å². The third-order valence-corrected chi connectivity index (χ3v) is 27.2. The third-order valence-electron chi connectivity index (χ3n) is 10.5. The Morgan fingerprint density at radius 1 is 0.521 bits per heavy atom. The number of benzene rings is 4. The summed E-state index contributed by atoms with van der Waals surface area (Å²) < 4.78 is 2.61. The average molecular weight is 832 g/mol. The van der Waals surface area contributed by atoms with Gasteiger partial charge >= 0.3 is 303 Å². The van der Waals surface area contributed by atoms with E-state index in [1.54, 1.807) is 14.4 Å². The molecule has 6 rings (SSSR count). The second-order valence-corrected chi connectivity index (χ2v) is 38.0. The quantitative estimate of drug-likeness (QED) is 0.170. The SMILES string of the molecule is CC(C)(C)c1ccc2c(c1)[CH]([Hf](=[C](c1ccc([Si](C)(C)C)cc1)c1ccc([Si](C)(C)C)cc1)[CH]1C=CC=C1)c1cc(C(C)(C)C)ccc1-2. The first-order valence-electron chi connectivity index (χ1n) is 17.9. The van der Waals surface area contributed by atoms with Gasteiger partial charge in [-0.1, -0.05) is 0 Å². The molecule has 0 nitrogen and oxygen atoms in total. The molecule has 0 saturated heterocycles. The third kappa shape index (κ3) is 6.94. The monoisotopic (exact) mass is 832 g/mol. The molecule has 4 aromatic rings. The Kier molecular flexibility index (Phi) is 9.35. The van der Waals surface area contributed by atoms with E-state index in [-0.39, 0.29) is 10.8 Å². The number of allylic oxidation sites excluding steroid dienone is 4. The van der Waals surface area contributed by atoms with Gasteiger partial charge in [0.25, 0.3) is 0 Å². The van der Waals surface area contributed by atoms with Gasteiger partial charge in [0.05, 0.1) is 0 Å². The minimum absolute atomic E-state index is 0.0926. The van der Waals surface area contributed by atoms with Crippen molar-refractivity contribution < 1.29 is 21.0 Å². The Balaban J connectivity index is 1.73. The van der Waals surface area contributed by atoms with Gasteiger partial charge in [-0.05, 0) is 0 Å². The maximum absolute atomic E-state index is 3.00. The molecule has 0 heterocycles. The molecule has 0 bridgehead atoms. The molecule has 0 spiro atoms. The van der Waals surface area contributed by atoms with E-state index in [0.717, 1.165) is 0 Å². The summed E-state index contributed by atoms with van der Waals surface area (Å²) >= 11 is -3.00. The first-order chi connectivity index (χ1) is 22.3. The molecule has 0 N–H and O–H groups in total. The Labute approximate surface area is 301 Å². The van der Waals surface area contributed by atoms with Crippen molar-refractivity contribution in [3.05, 3.63) is 143 Å². The number of hydrogen-bond acceptors (Lipinski definition) is 0. The van der Waals surface area contributed by atoms with Gasteiger partial charge in [-0.3, -0.25) is 0 Å². The maximum atomic E-state index is 2.62. The van der Waals surface area contributed by atoms with Crippen molar-refractivity contribution in [2.45, 2.75) is 99.0 Å². The Bertz CT molecular complexity index is 1790. The van der Waals surface area contributed by atoms with E-state index >= 15 is 0 Å². The Morgan fingerprint density at radius 2 is 0.896 bits per heavy atom. The van der Waals surface area contributed by atoms with Gasteiger partial charge in [-0.15, -0.1) is 0 Å². The molecule has 0 fully saturated rings. The van der Waals surface area contributed by atoms with E-state index < -0.39 is 37.1 Å². The van der Waals surface area contributed by atoms with Crippen molar-refractivity contribution in [2.24, 2.45) is 0 Å². The zero-order valence-electron chi connectivity index (χ0n) is 31.5. The number of rotatable bonds is 6. The van der Waals surface area contributed by atoms with Gasteiger partial charge in [0.2, 0.25) is 0 Å². The van der Waals surface area contributed by atoms with Crippen LogP contribution in [0.15, 0.2) is 109 Å². The molecule has 2 aliphatic rings. The fraction of sp³-hybridized carbons (Fsp3) is 0.356. The minimum atomic E-state index is -3.00. The summed E-state index contributed by atoms with van der Waals surface area (Å²) in [5.41, 5.74) is 12.0. The number of fused-ring (bicyclic) bond motifs is 3. The van der Waals surface area contributed by atoms with Crippen molar-refractivity contribution in [3.63, 3.8) is 0 Å². The first-order valence-corrected chi connectivity index (χ1v) is 30.9. The second-order valence-electron chi connectivity index (χ2n) is 18.3. The molecule has 0 aromatic heterocycles. The summed E-state index contributed by atoms with van der Waals surface area (Å²) in [5.74, 6) is 0. The molecular formula is C45H56HfSi2. The molecule has 4 aromatic carbocycles. The Hall–Kier alpha value is -2.47. The van der Waals surface area contributed by atoms with Crippen LogP contribution in [-0.4, -0.2) is 19.4 Å². The van der Waals surface area contributed by atoms with Gasteiger partial charge in [0, 0.05) is 0 Å². The van der Waals surface area contributed by atoms with E-state index in [9.17, 15) is 0 Å².